The van der Waals surface area contributed by atoms with Crippen molar-refractivity contribution in [3.05, 3.63) is 253 Å². The standard InChI is InChI=1S/C52H40N2/c1-8-23-41(24-9-1)39-50(53(44-29-14-4-15-30-44)45-31-16-5-17-32-45)49-38-22-37-48(43-27-12-3-13-28-43)52(49)51(40-42-25-10-2-11-26-42)54(46-33-18-6-19-34-46)47-35-20-7-21-36-47/h1-40H. The molecular weight excluding hydrogens is 653 g/mol. The molecular formula is C52H40N2. The number of nitrogens with zero attached hydrogens (tertiary/aromatic N) is 2. The van der Waals surface area contributed by atoms with Crippen LogP contribution in [-0.4, -0.2) is 0 Å². The largest absolute Gasteiger partial charge is 0.310 e. The van der Waals surface area contributed by atoms with E-state index in [2.05, 4.69) is 252 Å². The number of rotatable bonds is 11. The van der Waals surface area contributed by atoms with Crippen molar-refractivity contribution in [3.63, 3.8) is 0 Å². The minimum atomic E-state index is 1.05. The van der Waals surface area contributed by atoms with Crippen LogP contribution in [0.25, 0.3) is 34.7 Å². The zero-order valence-corrected chi connectivity index (χ0v) is 30.0. The van der Waals surface area contributed by atoms with E-state index in [9.17, 15) is 0 Å². The second-order valence-electron chi connectivity index (χ2n) is 13.0. The normalized spacial score (nSPS) is 11.6. The summed E-state index contributed by atoms with van der Waals surface area (Å²) >= 11 is 0. The van der Waals surface area contributed by atoms with Crippen molar-refractivity contribution in [1.29, 1.82) is 0 Å². The molecule has 0 amide bonds. The fraction of sp³-hybridized carbons (Fsp3) is 0. The molecule has 0 N–H and O–H groups in total. The molecule has 2 nitrogen and oxygen atoms in total. The van der Waals surface area contributed by atoms with E-state index < -0.39 is 0 Å². The zero-order chi connectivity index (χ0) is 36.4. The third-order valence-corrected chi connectivity index (χ3v) is 9.43. The van der Waals surface area contributed by atoms with Crippen LogP contribution in [-0.2, 0) is 0 Å². The first-order valence-electron chi connectivity index (χ1n) is 18.4. The van der Waals surface area contributed by atoms with Gasteiger partial charge in [0.1, 0.15) is 0 Å². The molecule has 0 aliphatic rings. The molecule has 0 aliphatic heterocycles. The lowest BCUT2D eigenvalue weighted by Crippen LogP contribution is -2.20. The van der Waals surface area contributed by atoms with Gasteiger partial charge in [-0.15, -0.1) is 0 Å². The summed E-state index contributed by atoms with van der Waals surface area (Å²) in [7, 11) is 0. The van der Waals surface area contributed by atoms with Gasteiger partial charge < -0.3 is 9.80 Å². The van der Waals surface area contributed by atoms with Crippen molar-refractivity contribution in [3.8, 4) is 11.1 Å². The molecule has 0 radical (unpaired) electrons. The van der Waals surface area contributed by atoms with Gasteiger partial charge in [-0.25, -0.2) is 0 Å². The molecule has 54 heavy (non-hydrogen) atoms. The van der Waals surface area contributed by atoms with Gasteiger partial charge in [0.2, 0.25) is 0 Å². The summed E-state index contributed by atoms with van der Waals surface area (Å²) in [5, 5.41) is 0. The van der Waals surface area contributed by atoms with E-state index >= 15 is 0 Å². The summed E-state index contributed by atoms with van der Waals surface area (Å²) in [6, 6.07) is 81.5. The average molecular weight is 693 g/mol. The van der Waals surface area contributed by atoms with Gasteiger partial charge in [-0.1, -0.05) is 182 Å². The highest BCUT2D eigenvalue weighted by atomic mass is 15.2. The second-order valence-corrected chi connectivity index (χ2v) is 13.0. The maximum atomic E-state index is 2.40. The molecule has 0 bridgehead atoms. The molecule has 8 rings (SSSR count). The topological polar surface area (TPSA) is 6.48 Å². The van der Waals surface area contributed by atoms with Gasteiger partial charge >= 0.3 is 0 Å². The quantitative estimate of drug-likeness (QED) is 0.125. The van der Waals surface area contributed by atoms with Crippen LogP contribution in [0.2, 0.25) is 0 Å². The summed E-state index contributed by atoms with van der Waals surface area (Å²) in [5.74, 6) is 0. The average Bonchev–Trinajstić information content (AvgIpc) is 3.25. The Bertz CT molecular complexity index is 2360. The third kappa shape index (κ3) is 7.55. The van der Waals surface area contributed by atoms with Crippen LogP contribution in [0.15, 0.2) is 231 Å². The monoisotopic (exact) mass is 692 g/mol. The highest BCUT2D eigenvalue weighted by Crippen LogP contribution is 2.45. The third-order valence-electron chi connectivity index (χ3n) is 9.43. The lowest BCUT2D eigenvalue weighted by molar-refractivity contribution is 1.27. The van der Waals surface area contributed by atoms with Gasteiger partial charge in [-0.2, -0.15) is 0 Å². The maximum absolute atomic E-state index is 2.40. The molecule has 8 aromatic rings. The molecule has 8 aromatic carbocycles. The van der Waals surface area contributed by atoms with Crippen molar-refractivity contribution in [2.75, 3.05) is 9.80 Å². The Morgan fingerprint density at radius 2 is 0.630 bits per heavy atom. The Balaban J connectivity index is 1.52. The van der Waals surface area contributed by atoms with Crippen LogP contribution in [0, 0.1) is 0 Å². The Kier molecular flexibility index (Phi) is 10.3. The van der Waals surface area contributed by atoms with E-state index in [1.807, 2.05) is 0 Å². The Hall–Kier alpha value is -7.16. The summed E-state index contributed by atoms with van der Waals surface area (Å²) in [5.41, 5.74) is 13.0. The minimum absolute atomic E-state index is 1.05. The summed E-state index contributed by atoms with van der Waals surface area (Å²) in [4.78, 5) is 4.78. The molecule has 0 unspecified atom stereocenters. The Morgan fingerprint density at radius 1 is 0.296 bits per heavy atom. The highest BCUT2D eigenvalue weighted by molar-refractivity contribution is 6.06. The fourth-order valence-electron chi connectivity index (χ4n) is 6.99. The molecule has 258 valence electrons. The van der Waals surface area contributed by atoms with Gasteiger partial charge in [0.15, 0.2) is 0 Å². The van der Waals surface area contributed by atoms with Crippen molar-refractivity contribution in [2.45, 2.75) is 0 Å². The molecule has 0 spiro atoms. The maximum Gasteiger partial charge on any atom is 0.0553 e. The fourth-order valence-corrected chi connectivity index (χ4v) is 6.99. The van der Waals surface area contributed by atoms with Gasteiger partial charge in [-0.05, 0) is 82.9 Å². The summed E-state index contributed by atoms with van der Waals surface area (Å²) < 4.78 is 0. The van der Waals surface area contributed by atoms with Crippen molar-refractivity contribution in [1.82, 2.24) is 0 Å². The van der Waals surface area contributed by atoms with Gasteiger partial charge in [-0.3, -0.25) is 0 Å². The molecule has 0 saturated heterocycles. The SMILES string of the molecule is C(=C(c1cccc(-c2ccccc2)c1C(=Cc1ccccc1)N(c1ccccc1)c1ccccc1)N(c1ccccc1)c1ccccc1)c1ccccc1. The van der Waals surface area contributed by atoms with Gasteiger partial charge in [0, 0.05) is 33.9 Å². The molecule has 0 fully saturated rings. The number of anilines is 4. The first-order chi connectivity index (χ1) is 26.8. The molecule has 0 aromatic heterocycles. The van der Waals surface area contributed by atoms with Crippen molar-refractivity contribution in [2.24, 2.45) is 0 Å². The second kappa shape index (κ2) is 16.5. The molecule has 0 aliphatic carbocycles. The first-order valence-corrected chi connectivity index (χ1v) is 18.4. The molecule has 2 heteroatoms. The first kappa shape index (κ1) is 34.0. The lowest BCUT2D eigenvalue weighted by atomic mass is 9.88. The van der Waals surface area contributed by atoms with Crippen LogP contribution in [0.5, 0.6) is 0 Å². The highest BCUT2D eigenvalue weighted by Gasteiger charge is 2.27. The van der Waals surface area contributed by atoms with Crippen LogP contribution >= 0.6 is 0 Å². The molecule has 0 saturated carbocycles. The van der Waals surface area contributed by atoms with Crippen LogP contribution < -0.4 is 9.80 Å². The predicted molar refractivity (Wildman–Crippen MR) is 231 cm³/mol. The van der Waals surface area contributed by atoms with E-state index in [1.165, 1.54) is 0 Å². The zero-order valence-electron chi connectivity index (χ0n) is 30.0. The van der Waals surface area contributed by atoms with Gasteiger partial charge in [0.05, 0.1) is 11.4 Å². The van der Waals surface area contributed by atoms with Crippen molar-refractivity contribution < 1.29 is 0 Å². The Labute approximate surface area is 318 Å². The summed E-state index contributed by atoms with van der Waals surface area (Å²) in [6.45, 7) is 0. The Morgan fingerprint density at radius 3 is 1.04 bits per heavy atom. The molecule has 0 heterocycles. The predicted octanol–water partition coefficient (Wildman–Crippen LogP) is 14.0. The number of benzene rings is 8. The van der Waals surface area contributed by atoms with E-state index in [-0.39, 0.29) is 0 Å². The van der Waals surface area contributed by atoms with Crippen LogP contribution in [0.4, 0.5) is 22.7 Å². The smallest absolute Gasteiger partial charge is 0.0553 e. The van der Waals surface area contributed by atoms with E-state index in [0.29, 0.717) is 0 Å². The number of hydrogen-bond donors (Lipinski definition) is 0. The van der Waals surface area contributed by atoms with Crippen LogP contribution in [0.1, 0.15) is 22.3 Å². The summed E-state index contributed by atoms with van der Waals surface area (Å²) in [6.07, 6.45) is 4.66. The minimum Gasteiger partial charge on any atom is -0.310 e. The van der Waals surface area contributed by atoms with Crippen molar-refractivity contribution >= 4 is 46.3 Å². The lowest BCUT2D eigenvalue weighted by Gasteiger charge is -2.34. The van der Waals surface area contributed by atoms with E-state index in [1.54, 1.807) is 0 Å². The van der Waals surface area contributed by atoms with E-state index in [4.69, 9.17) is 0 Å². The van der Waals surface area contributed by atoms with E-state index in [0.717, 1.165) is 67.5 Å². The molecule has 0 atom stereocenters. The number of hydrogen-bond acceptors (Lipinski definition) is 2. The number of para-hydroxylation sites is 4. The van der Waals surface area contributed by atoms with Gasteiger partial charge in [0.25, 0.3) is 0 Å². The van der Waals surface area contributed by atoms with Crippen LogP contribution in [0.3, 0.4) is 0 Å².